The fourth-order valence-corrected chi connectivity index (χ4v) is 5.22. The molecule has 1 saturated carbocycles. The van der Waals surface area contributed by atoms with Crippen LogP contribution in [0.5, 0.6) is 0 Å². The number of nitro groups is 1. The summed E-state index contributed by atoms with van der Waals surface area (Å²) in [7, 11) is -3.20. The minimum absolute atomic E-state index is 0.0164. The molecule has 1 aliphatic rings. The molecule has 0 radical (unpaired) electrons. The van der Waals surface area contributed by atoms with E-state index in [1.54, 1.807) is 24.3 Å². The highest BCUT2D eigenvalue weighted by Gasteiger charge is 2.27. The Hall–Kier alpha value is -2.48. The highest BCUT2D eigenvalue weighted by atomic mass is 32.2. The van der Waals surface area contributed by atoms with Crippen LogP contribution in [0.15, 0.2) is 42.6 Å². The maximum atomic E-state index is 12.6. The van der Waals surface area contributed by atoms with E-state index in [1.807, 2.05) is 0 Å². The van der Waals surface area contributed by atoms with Gasteiger partial charge in [-0.1, -0.05) is 31.4 Å². The molecule has 7 nitrogen and oxygen atoms in total. The van der Waals surface area contributed by atoms with Gasteiger partial charge in [-0.2, -0.15) is 0 Å². The van der Waals surface area contributed by atoms with Crippen molar-refractivity contribution in [2.24, 2.45) is 0 Å². The second kappa shape index (κ2) is 7.82. The molecular weight excluding hydrogens is 354 g/mol. The van der Waals surface area contributed by atoms with Gasteiger partial charge in [0.1, 0.15) is 0 Å². The average Bonchev–Trinajstić information content (AvgIpc) is 2.63. The van der Waals surface area contributed by atoms with E-state index in [0.29, 0.717) is 11.3 Å². The lowest BCUT2D eigenvalue weighted by molar-refractivity contribution is -0.384. The molecule has 0 saturated heterocycles. The van der Waals surface area contributed by atoms with Crippen LogP contribution in [0.25, 0.3) is 0 Å². The first-order valence-electron chi connectivity index (χ1n) is 8.63. The van der Waals surface area contributed by atoms with E-state index in [2.05, 4.69) is 10.3 Å². The fourth-order valence-electron chi connectivity index (χ4n) is 3.29. The number of rotatable bonds is 6. The summed E-state index contributed by atoms with van der Waals surface area (Å²) >= 11 is 0. The van der Waals surface area contributed by atoms with Crippen molar-refractivity contribution >= 4 is 27.0 Å². The van der Waals surface area contributed by atoms with Crippen LogP contribution in [-0.2, 0) is 15.6 Å². The van der Waals surface area contributed by atoms with Crippen LogP contribution >= 0.6 is 0 Å². The Bertz CT molecular complexity index is 893. The quantitative estimate of drug-likeness (QED) is 0.605. The molecule has 0 unspecified atom stereocenters. The molecule has 3 rings (SSSR count). The van der Waals surface area contributed by atoms with Crippen LogP contribution in [0, 0.1) is 10.1 Å². The van der Waals surface area contributed by atoms with E-state index < -0.39 is 14.8 Å². The van der Waals surface area contributed by atoms with Crippen molar-refractivity contribution in [1.82, 2.24) is 4.98 Å². The van der Waals surface area contributed by atoms with E-state index in [0.717, 1.165) is 32.1 Å². The van der Waals surface area contributed by atoms with E-state index >= 15 is 0 Å². The van der Waals surface area contributed by atoms with Gasteiger partial charge in [0.05, 0.1) is 15.9 Å². The molecule has 26 heavy (non-hydrogen) atoms. The molecule has 8 heteroatoms. The van der Waals surface area contributed by atoms with Crippen molar-refractivity contribution in [2.75, 3.05) is 5.32 Å². The lowest BCUT2D eigenvalue weighted by atomic mass is 10.0. The summed E-state index contributed by atoms with van der Waals surface area (Å²) in [6, 6.07) is 9.80. The van der Waals surface area contributed by atoms with Gasteiger partial charge in [0, 0.05) is 18.0 Å². The van der Waals surface area contributed by atoms with E-state index in [9.17, 15) is 18.5 Å². The molecule has 0 amide bonds. The molecule has 0 aliphatic heterocycles. The van der Waals surface area contributed by atoms with Gasteiger partial charge in [0.25, 0.3) is 0 Å². The van der Waals surface area contributed by atoms with Crippen LogP contribution in [-0.4, -0.2) is 23.6 Å². The van der Waals surface area contributed by atoms with Crippen LogP contribution < -0.4 is 5.32 Å². The van der Waals surface area contributed by atoms with Crippen LogP contribution in [0.2, 0.25) is 0 Å². The average molecular weight is 375 g/mol. The Labute approximate surface area is 152 Å². The van der Waals surface area contributed by atoms with Gasteiger partial charge < -0.3 is 5.32 Å². The number of hydrogen-bond acceptors (Lipinski definition) is 6. The number of nitrogens with one attached hydrogen (secondary N) is 1. The molecule has 1 N–H and O–H groups in total. The summed E-state index contributed by atoms with van der Waals surface area (Å²) in [6.07, 6.45) is 5.98. The standard InChI is InChI=1S/C18H21N3O4S/c22-21(23)17-10-5-11-19-18(17)20-15-7-4-6-14(12-15)13-26(24,25)16-8-2-1-3-9-16/h4-7,10-12,16H,1-3,8-9,13H2,(H,19,20). The Balaban J connectivity index is 1.77. The second-order valence-electron chi connectivity index (χ2n) is 6.52. The molecule has 0 spiro atoms. The highest BCUT2D eigenvalue weighted by molar-refractivity contribution is 7.91. The molecule has 0 atom stereocenters. The minimum Gasteiger partial charge on any atom is -0.334 e. The van der Waals surface area contributed by atoms with Crippen LogP contribution in [0.1, 0.15) is 37.7 Å². The minimum atomic E-state index is -3.20. The van der Waals surface area contributed by atoms with Gasteiger partial charge in [0.2, 0.25) is 5.82 Å². The summed E-state index contributed by atoms with van der Waals surface area (Å²) in [5, 5.41) is 13.7. The third-order valence-corrected chi connectivity index (χ3v) is 6.82. The molecule has 1 aliphatic carbocycles. The van der Waals surface area contributed by atoms with Crippen molar-refractivity contribution < 1.29 is 13.3 Å². The Morgan fingerprint density at radius 1 is 1.15 bits per heavy atom. The number of sulfone groups is 1. The Morgan fingerprint density at radius 3 is 2.65 bits per heavy atom. The highest BCUT2D eigenvalue weighted by Crippen LogP contribution is 2.28. The topological polar surface area (TPSA) is 102 Å². The largest absolute Gasteiger partial charge is 0.334 e. The molecule has 138 valence electrons. The van der Waals surface area contributed by atoms with Crippen molar-refractivity contribution in [3.8, 4) is 0 Å². The first kappa shape index (κ1) is 18.3. The van der Waals surface area contributed by atoms with Crippen molar-refractivity contribution in [1.29, 1.82) is 0 Å². The maximum Gasteiger partial charge on any atom is 0.311 e. The van der Waals surface area contributed by atoms with E-state index in [-0.39, 0.29) is 22.5 Å². The fraction of sp³-hybridized carbons (Fsp3) is 0.389. The van der Waals surface area contributed by atoms with Crippen molar-refractivity contribution in [2.45, 2.75) is 43.1 Å². The predicted molar refractivity (Wildman–Crippen MR) is 100 cm³/mol. The number of hydrogen-bond donors (Lipinski definition) is 1. The summed E-state index contributed by atoms with van der Waals surface area (Å²) in [5.41, 5.74) is 1.11. The Kier molecular flexibility index (Phi) is 5.51. The smallest absolute Gasteiger partial charge is 0.311 e. The molecule has 1 fully saturated rings. The third-order valence-electron chi connectivity index (χ3n) is 4.60. The lowest BCUT2D eigenvalue weighted by Gasteiger charge is -2.21. The normalized spacial score (nSPS) is 15.5. The van der Waals surface area contributed by atoms with E-state index in [4.69, 9.17) is 0 Å². The number of benzene rings is 1. The van der Waals surface area contributed by atoms with Crippen LogP contribution in [0.3, 0.4) is 0 Å². The number of pyridine rings is 1. The van der Waals surface area contributed by atoms with Crippen LogP contribution in [0.4, 0.5) is 17.2 Å². The van der Waals surface area contributed by atoms with Gasteiger partial charge in [-0.25, -0.2) is 13.4 Å². The summed E-state index contributed by atoms with van der Waals surface area (Å²) in [5.74, 6) is 0.113. The van der Waals surface area contributed by atoms with Gasteiger partial charge in [0.15, 0.2) is 9.84 Å². The monoisotopic (exact) mass is 375 g/mol. The first-order valence-corrected chi connectivity index (χ1v) is 10.3. The zero-order valence-corrected chi connectivity index (χ0v) is 15.1. The molecule has 1 aromatic heterocycles. The number of nitrogens with zero attached hydrogens (tertiary/aromatic N) is 2. The van der Waals surface area contributed by atoms with Gasteiger partial charge in [-0.3, -0.25) is 10.1 Å². The predicted octanol–water partition coefficient (Wildman–Crippen LogP) is 3.98. The third kappa shape index (κ3) is 4.37. The van der Waals surface area contributed by atoms with Gasteiger partial charge >= 0.3 is 5.69 Å². The number of anilines is 2. The zero-order valence-electron chi connectivity index (χ0n) is 14.3. The van der Waals surface area contributed by atoms with Gasteiger partial charge in [-0.15, -0.1) is 0 Å². The Morgan fingerprint density at radius 2 is 1.92 bits per heavy atom. The SMILES string of the molecule is O=[N+]([O-])c1cccnc1Nc1cccc(CS(=O)(=O)C2CCCCC2)c1. The molecule has 2 aromatic rings. The summed E-state index contributed by atoms with van der Waals surface area (Å²) in [6.45, 7) is 0. The van der Waals surface area contributed by atoms with Gasteiger partial charge in [-0.05, 0) is 36.6 Å². The molecule has 1 aromatic carbocycles. The van der Waals surface area contributed by atoms with E-state index in [1.165, 1.54) is 18.3 Å². The summed E-state index contributed by atoms with van der Waals surface area (Å²) < 4.78 is 25.3. The maximum absolute atomic E-state index is 12.6. The lowest BCUT2D eigenvalue weighted by Crippen LogP contribution is -2.25. The molecule has 0 bridgehead atoms. The summed E-state index contributed by atoms with van der Waals surface area (Å²) in [4.78, 5) is 14.6. The molecule has 1 heterocycles. The van der Waals surface area contributed by atoms with Crippen molar-refractivity contribution in [3.63, 3.8) is 0 Å². The second-order valence-corrected chi connectivity index (χ2v) is 8.80. The number of aromatic nitrogens is 1. The zero-order chi connectivity index (χ0) is 18.6. The molecular formula is C18H21N3O4S. The van der Waals surface area contributed by atoms with Crippen molar-refractivity contribution in [3.05, 3.63) is 58.3 Å². The first-order chi connectivity index (χ1) is 12.5.